The number of hydroxylamine groups is 1. The van der Waals surface area contributed by atoms with Crippen molar-refractivity contribution in [2.24, 2.45) is 0 Å². The van der Waals surface area contributed by atoms with Crippen molar-refractivity contribution < 1.29 is 58.7 Å². The topological polar surface area (TPSA) is 135 Å². The SMILES string of the molecule is CC(C)(OC(=O)Nc1ccc2c(c1)N(S(=O)(=O)c1cccc(C(F)(F)F)c1)C[C@H](CCC1NOC(=O)N1)O2)C(F)(F)F. The smallest absolute Gasteiger partial charge is 0.427 e. The molecule has 2 aromatic rings. The molecule has 1 fully saturated rings. The number of ether oxygens (including phenoxy) is 2. The molecular weight excluding hydrogens is 602 g/mol. The number of halogens is 6. The summed E-state index contributed by atoms with van der Waals surface area (Å²) in [5, 5.41) is 4.55. The molecule has 42 heavy (non-hydrogen) atoms. The quantitative estimate of drug-likeness (QED) is 0.370. The third-order valence-corrected chi connectivity index (χ3v) is 8.06. The Kier molecular flexibility index (Phi) is 8.16. The average molecular weight is 627 g/mol. The molecule has 2 amide bonds. The Morgan fingerprint density at radius 3 is 2.43 bits per heavy atom. The fraction of sp³-hybridized carbons (Fsp3) is 0.417. The number of anilines is 2. The van der Waals surface area contributed by atoms with Gasteiger partial charge in [0.15, 0.2) is 0 Å². The summed E-state index contributed by atoms with van der Waals surface area (Å²) in [7, 11) is -4.68. The highest BCUT2D eigenvalue weighted by Crippen LogP contribution is 2.41. The number of rotatable bonds is 7. The Bertz CT molecular complexity index is 1470. The van der Waals surface area contributed by atoms with Crippen LogP contribution in [0.1, 0.15) is 32.3 Å². The molecule has 4 rings (SSSR count). The first kappa shape index (κ1) is 31.0. The minimum atomic E-state index is -4.89. The molecule has 230 valence electrons. The predicted molar refractivity (Wildman–Crippen MR) is 133 cm³/mol. The first-order valence-electron chi connectivity index (χ1n) is 12.2. The van der Waals surface area contributed by atoms with Gasteiger partial charge in [-0.25, -0.2) is 18.0 Å². The fourth-order valence-corrected chi connectivity index (χ4v) is 5.52. The van der Waals surface area contributed by atoms with Crippen molar-refractivity contribution in [1.29, 1.82) is 0 Å². The summed E-state index contributed by atoms with van der Waals surface area (Å²) < 4.78 is 118. The molecule has 0 bridgehead atoms. The second kappa shape index (κ2) is 11.0. The van der Waals surface area contributed by atoms with E-state index in [-0.39, 0.29) is 30.0 Å². The van der Waals surface area contributed by atoms with E-state index in [0.717, 1.165) is 22.5 Å². The lowest BCUT2D eigenvalue weighted by Crippen LogP contribution is -2.45. The van der Waals surface area contributed by atoms with Crippen molar-refractivity contribution in [2.75, 3.05) is 16.2 Å². The van der Waals surface area contributed by atoms with Crippen LogP contribution in [0.5, 0.6) is 5.75 Å². The van der Waals surface area contributed by atoms with Crippen LogP contribution < -0.4 is 25.2 Å². The van der Waals surface area contributed by atoms with Crippen LogP contribution in [-0.4, -0.2) is 51.2 Å². The van der Waals surface area contributed by atoms with Gasteiger partial charge in [-0.2, -0.15) is 26.3 Å². The van der Waals surface area contributed by atoms with Gasteiger partial charge in [0.1, 0.15) is 18.0 Å². The predicted octanol–water partition coefficient (Wildman–Crippen LogP) is 4.90. The molecule has 18 heteroatoms. The van der Waals surface area contributed by atoms with Crippen LogP contribution in [0.25, 0.3) is 0 Å². The minimum absolute atomic E-state index is 0.0454. The molecule has 2 aliphatic heterocycles. The van der Waals surface area contributed by atoms with Crippen LogP contribution in [-0.2, 0) is 25.8 Å². The van der Waals surface area contributed by atoms with E-state index in [0.29, 0.717) is 26.0 Å². The summed E-state index contributed by atoms with van der Waals surface area (Å²) in [6, 6.07) is 6.60. The van der Waals surface area contributed by atoms with E-state index in [4.69, 9.17) is 4.74 Å². The van der Waals surface area contributed by atoms with Gasteiger partial charge in [0.25, 0.3) is 10.0 Å². The van der Waals surface area contributed by atoms with E-state index in [1.54, 1.807) is 0 Å². The molecule has 2 aliphatic rings. The van der Waals surface area contributed by atoms with Crippen LogP contribution in [0.3, 0.4) is 0 Å². The summed E-state index contributed by atoms with van der Waals surface area (Å²) in [4.78, 5) is 27.4. The van der Waals surface area contributed by atoms with Crippen molar-refractivity contribution in [3.05, 3.63) is 48.0 Å². The zero-order valence-corrected chi connectivity index (χ0v) is 22.6. The molecule has 0 radical (unpaired) electrons. The van der Waals surface area contributed by atoms with Crippen molar-refractivity contribution in [3.8, 4) is 5.75 Å². The van der Waals surface area contributed by atoms with Gasteiger partial charge in [0.05, 0.1) is 22.7 Å². The van der Waals surface area contributed by atoms with E-state index >= 15 is 0 Å². The number of sulfonamides is 1. The Morgan fingerprint density at radius 2 is 1.81 bits per heavy atom. The highest BCUT2D eigenvalue weighted by Gasteiger charge is 2.51. The average Bonchev–Trinajstić information content (AvgIpc) is 3.30. The fourth-order valence-electron chi connectivity index (χ4n) is 3.97. The van der Waals surface area contributed by atoms with Gasteiger partial charge >= 0.3 is 24.5 Å². The van der Waals surface area contributed by atoms with Gasteiger partial charge in [-0.1, -0.05) is 6.07 Å². The molecule has 1 saturated heterocycles. The minimum Gasteiger partial charge on any atom is -0.486 e. The maximum atomic E-state index is 13.7. The number of carbonyl (C=O) groups is 2. The van der Waals surface area contributed by atoms with Crippen LogP contribution >= 0.6 is 0 Å². The first-order valence-corrected chi connectivity index (χ1v) is 13.6. The third kappa shape index (κ3) is 6.75. The zero-order chi connectivity index (χ0) is 31.1. The Hall–Kier alpha value is -3.93. The maximum absolute atomic E-state index is 13.7. The molecule has 0 aliphatic carbocycles. The lowest BCUT2D eigenvalue weighted by molar-refractivity contribution is -0.242. The number of nitrogens with one attached hydrogen (secondary N) is 3. The molecular formula is C24H24F6N4O7S. The maximum Gasteiger partial charge on any atom is 0.427 e. The second-order valence-electron chi connectivity index (χ2n) is 9.79. The summed E-state index contributed by atoms with van der Waals surface area (Å²) in [6.07, 6.45) is -13.0. The van der Waals surface area contributed by atoms with Crippen LogP contribution in [0.2, 0.25) is 0 Å². The van der Waals surface area contributed by atoms with Crippen molar-refractivity contribution in [2.45, 2.75) is 61.8 Å². The number of amides is 2. The second-order valence-corrected chi connectivity index (χ2v) is 11.7. The number of nitrogens with zero attached hydrogens (tertiary/aromatic N) is 1. The Balaban J connectivity index is 1.65. The Morgan fingerprint density at radius 1 is 1.10 bits per heavy atom. The van der Waals surface area contributed by atoms with Gasteiger partial charge in [-0.05, 0) is 63.1 Å². The van der Waals surface area contributed by atoms with Gasteiger partial charge in [-0.15, -0.1) is 5.48 Å². The highest BCUT2D eigenvalue weighted by atomic mass is 32.2. The molecule has 11 nitrogen and oxygen atoms in total. The van der Waals surface area contributed by atoms with E-state index in [2.05, 4.69) is 25.7 Å². The molecule has 3 N–H and O–H groups in total. The Labute approximate surface area is 235 Å². The summed E-state index contributed by atoms with van der Waals surface area (Å²) in [5.41, 5.74) is -2.01. The first-order chi connectivity index (χ1) is 19.4. The number of fused-ring (bicyclic) bond motifs is 1. The molecule has 1 unspecified atom stereocenters. The van der Waals surface area contributed by atoms with Gasteiger partial charge < -0.3 is 19.6 Å². The van der Waals surface area contributed by atoms with Crippen molar-refractivity contribution in [3.63, 3.8) is 0 Å². The lowest BCUT2D eigenvalue weighted by Gasteiger charge is -2.36. The lowest BCUT2D eigenvalue weighted by atomic mass is 10.1. The summed E-state index contributed by atoms with van der Waals surface area (Å²) in [6.45, 7) is 0.868. The van der Waals surface area contributed by atoms with Crippen molar-refractivity contribution >= 4 is 33.6 Å². The number of hydrogen-bond donors (Lipinski definition) is 3. The number of alkyl halides is 6. The molecule has 0 saturated carbocycles. The van der Waals surface area contributed by atoms with Gasteiger partial charge in [0, 0.05) is 5.69 Å². The largest absolute Gasteiger partial charge is 0.486 e. The third-order valence-electron chi connectivity index (χ3n) is 6.28. The zero-order valence-electron chi connectivity index (χ0n) is 21.8. The van der Waals surface area contributed by atoms with Crippen LogP contribution in [0.15, 0.2) is 47.4 Å². The van der Waals surface area contributed by atoms with Crippen LogP contribution in [0.4, 0.5) is 47.3 Å². The van der Waals surface area contributed by atoms with E-state index < -0.39 is 69.4 Å². The molecule has 2 atom stereocenters. The molecule has 2 aromatic carbocycles. The molecule has 0 aromatic heterocycles. The van der Waals surface area contributed by atoms with Gasteiger partial charge in [-0.3, -0.25) is 9.62 Å². The monoisotopic (exact) mass is 626 g/mol. The van der Waals surface area contributed by atoms with Crippen molar-refractivity contribution in [1.82, 2.24) is 10.8 Å². The highest BCUT2D eigenvalue weighted by molar-refractivity contribution is 7.92. The summed E-state index contributed by atoms with van der Waals surface area (Å²) >= 11 is 0. The normalized spacial score (nSPS) is 19.3. The standard InChI is InChI=1S/C24H24F6N4O7S/c1-22(2,24(28,29)30)40-20(35)31-14-6-8-18-17(11-14)34(12-15(39-18)7-9-19-32-21(36)41-33-19)42(37,38)16-5-3-4-13(10-16)23(25,26)27/h3-6,8,10-11,15,19,33H,7,9,12H2,1-2H3,(H,31,35)(H,32,36)/t15-,19?/m0/s1. The van der Waals surface area contributed by atoms with E-state index in [1.165, 1.54) is 12.1 Å². The summed E-state index contributed by atoms with van der Waals surface area (Å²) in [5.74, 6) is -0.0454. The number of benzene rings is 2. The molecule has 0 spiro atoms. The van der Waals surface area contributed by atoms with E-state index in [9.17, 15) is 44.3 Å². The molecule has 2 heterocycles. The number of hydrogen-bond acceptors (Lipinski definition) is 8. The van der Waals surface area contributed by atoms with Gasteiger partial charge in [0.2, 0.25) is 5.60 Å². The van der Waals surface area contributed by atoms with Crippen LogP contribution in [0, 0.1) is 0 Å². The number of carbonyl (C=O) groups excluding carboxylic acids is 2. The van der Waals surface area contributed by atoms with E-state index in [1.807, 2.05) is 0 Å².